The summed E-state index contributed by atoms with van der Waals surface area (Å²) in [5, 5.41) is 3.72. The van der Waals surface area contributed by atoms with E-state index in [1.807, 2.05) is 0 Å². The summed E-state index contributed by atoms with van der Waals surface area (Å²) in [5.74, 6) is -0.795. The number of nitrogen functional groups attached to an aromatic ring is 1. The number of ether oxygens (including phenoxy) is 1. The fourth-order valence-corrected chi connectivity index (χ4v) is 4.95. The van der Waals surface area contributed by atoms with Crippen molar-refractivity contribution >= 4 is 40.0 Å². The molecule has 0 unspecified atom stereocenters. The Morgan fingerprint density at radius 2 is 2.00 bits per heavy atom. The van der Waals surface area contributed by atoms with Crippen molar-refractivity contribution in [3.05, 3.63) is 77.7 Å². The molecule has 0 bridgehead atoms. The van der Waals surface area contributed by atoms with Gasteiger partial charge in [-0.15, -0.1) is 0 Å². The number of benzene rings is 1. The molecule has 206 valence electrons. The third kappa shape index (κ3) is 4.95. The third-order valence-electron chi connectivity index (χ3n) is 6.90. The molecular formula is C29H24ClFN8O2. The molecule has 0 spiro atoms. The number of rotatable bonds is 7. The Hall–Kier alpha value is -4.90. The van der Waals surface area contributed by atoms with Crippen molar-refractivity contribution in [1.82, 2.24) is 29.5 Å². The second-order valence-electron chi connectivity index (χ2n) is 9.78. The first-order valence-electron chi connectivity index (χ1n) is 12.7. The largest absolute Gasteiger partial charge is 0.402 e. The Morgan fingerprint density at radius 1 is 1.20 bits per heavy atom. The molecular weight excluding hydrogens is 547 g/mol. The third-order valence-corrected chi connectivity index (χ3v) is 7.21. The molecule has 5 aromatic rings. The van der Waals surface area contributed by atoms with Gasteiger partial charge in [-0.2, -0.15) is 0 Å². The minimum atomic E-state index is -0.731. The van der Waals surface area contributed by atoms with Crippen molar-refractivity contribution in [2.45, 2.75) is 19.8 Å². The number of nitrogens with zero attached hydrogens (tertiary/aromatic N) is 6. The number of nitrogens with one attached hydrogen (secondary N) is 1. The zero-order chi connectivity index (χ0) is 28.8. The first-order chi connectivity index (χ1) is 19.7. The van der Waals surface area contributed by atoms with E-state index in [0.29, 0.717) is 55.4 Å². The Labute approximate surface area is 239 Å². The lowest BCUT2D eigenvalue weighted by Gasteiger charge is -2.13. The number of anilines is 2. The number of aromatic nitrogens is 6. The van der Waals surface area contributed by atoms with Gasteiger partial charge in [0.15, 0.2) is 5.82 Å². The van der Waals surface area contributed by atoms with Crippen LogP contribution >= 0.6 is 11.6 Å². The number of pyridine rings is 1. The van der Waals surface area contributed by atoms with E-state index < -0.39 is 5.82 Å². The summed E-state index contributed by atoms with van der Waals surface area (Å²) in [4.78, 5) is 33.5. The number of fused-ring (bicyclic) bond motifs is 1. The van der Waals surface area contributed by atoms with Crippen molar-refractivity contribution in [3.8, 4) is 34.3 Å². The Morgan fingerprint density at radius 3 is 2.71 bits per heavy atom. The monoisotopic (exact) mass is 570 g/mol. The zero-order valence-corrected chi connectivity index (χ0v) is 22.9. The average Bonchev–Trinajstić information content (AvgIpc) is 3.74. The molecule has 4 aromatic heterocycles. The van der Waals surface area contributed by atoms with Gasteiger partial charge in [0.25, 0.3) is 11.8 Å². The number of carbonyl (C=O) groups is 1. The van der Waals surface area contributed by atoms with E-state index in [1.54, 1.807) is 42.8 Å². The summed E-state index contributed by atoms with van der Waals surface area (Å²) in [6, 6.07) is 8.14. The molecule has 1 aromatic carbocycles. The maximum Gasteiger partial charge on any atom is 0.323 e. The van der Waals surface area contributed by atoms with Crippen molar-refractivity contribution in [3.63, 3.8) is 0 Å². The van der Waals surface area contributed by atoms with Crippen molar-refractivity contribution in [1.29, 1.82) is 0 Å². The molecule has 0 aliphatic heterocycles. The standard InChI is InChI=1S/C29H24ClFN8O2/c1-14-8-9-33-29(37-14)41-28-21(31)10-17(12-34-28)22-23-25(32)35-13-36-26(23)39(3)24(22)19-7-6-18(11-20(19)30)38-27(40)15(2)16-4-5-16/h6-13,16H,2,4-5H2,1,3H3,(H,38,40)(H2,32,35,36). The SMILES string of the molecule is C=C(C(=O)Nc1ccc(-c2c(-c3cnc(Oc4nccc(C)n4)c(F)c3)c3c(N)ncnc3n2C)c(Cl)c1)C1CC1. The van der Waals surface area contributed by atoms with Gasteiger partial charge in [0.2, 0.25) is 0 Å². The molecule has 3 N–H and O–H groups in total. The van der Waals surface area contributed by atoms with Crippen LogP contribution in [0.2, 0.25) is 5.02 Å². The van der Waals surface area contributed by atoms with Gasteiger partial charge in [-0.1, -0.05) is 18.2 Å². The highest BCUT2D eigenvalue weighted by Crippen LogP contribution is 2.44. The van der Waals surface area contributed by atoms with Crippen molar-refractivity contribution in [2.75, 3.05) is 11.1 Å². The van der Waals surface area contributed by atoms with Gasteiger partial charge in [-0.3, -0.25) is 4.79 Å². The van der Waals surface area contributed by atoms with Crippen LogP contribution in [0, 0.1) is 18.7 Å². The second-order valence-corrected chi connectivity index (χ2v) is 10.2. The summed E-state index contributed by atoms with van der Waals surface area (Å²) in [6.07, 6.45) is 6.29. The smallest absolute Gasteiger partial charge is 0.323 e. The summed E-state index contributed by atoms with van der Waals surface area (Å²) in [6.45, 7) is 5.67. The predicted molar refractivity (Wildman–Crippen MR) is 154 cm³/mol. The van der Waals surface area contributed by atoms with Gasteiger partial charge in [0, 0.05) is 53.1 Å². The number of nitrogens with two attached hydrogens (primary N) is 1. The molecule has 0 atom stereocenters. The van der Waals surface area contributed by atoms with Crippen LogP contribution in [-0.2, 0) is 11.8 Å². The predicted octanol–water partition coefficient (Wildman–Crippen LogP) is 5.87. The lowest BCUT2D eigenvalue weighted by atomic mass is 9.99. The molecule has 0 saturated heterocycles. The van der Waals surface area contributed by atoms with Crippen LogP contribution in [-0.4, -0.2) is 35.4 Å². The highest BCUT2D eigenvalue weighted by Gasteiger charge is 2.29. The molecule has 4 heterocycles. The molecule has 0 radical (unpaired) electrons. The van der Waals surface area contributed by atoms with E-state index in [0.717, 1.165) is 12.8 Å². The first kappa shape index (κ1) is 26.3. The number of hydrogen-bond acceptors (Lipinski definition) is 8. The topological polar surface area (TPSA) is 134 Å². The average molecular weight is 571 g/mol. The van der Waals surface area contributed by atoms with Gasteiger partial charge in [-0.25, -0.2) is 29.3 Å². The van der Waals surface area contributed by atoms with E-state index >= 15 is 4.39 Å². The number of amides is 1. The lowest BCUT2D eigenvalue weighted by molar-refractivity contribution is -0.113. The van der Waals surface area contributed by atoms with Crippen LogP contribution in [0.3, 0.4) is 0 Å². The van der Waals surface area contributed by atoms with E-state index in [1.165, 1.54) is 24.8 Å². The van der Waals surface area contributed by atoms with Gasteiger partial charge in [0.1, 0.15) is 17.8 Å². The maximum absolute atomic E-state index is 15.4. The van der Waals surface area contributed by atoms with E-state index in [9.17, 15) is 4.79 Å². The molecule has 1 aliphatic rings. The summed E-state index contributed by atoms with van der Waals surface area (Å²) in [7, 11) is 1.80. The summed E-state index contributed by atoms with van der Waals surface area (Å²) in [5.41, 5.74) is 10.7. The van der Waals surface area contributed by atoms with Gasteiger partial charge in [-0.05, 0) is 56.0 Å². The van der Waals surface area contributed by atoms with Gasteiger partial charge in [0.05, 0.1) is 16.1 Å². The molecule has 41 heavy (non-hydrogen) atoms. The number of halogens is 2. The molecule has 1 fully saturated rings. The van der Waals surface area contributed by atoms with Crippen molar-refractivity contribution < 1.29 is 13.9 Å². The molecule has 10 nitrogen and oxygen atoms in total. The molecule has 12 heteroatoms. The maximum atomic E-state index is 15.4. The summed E-state index contributed by atoms with van der Waals surface area (Å²) < 4.78 is 22.7. The normalized spacial score (nSPS) is 12.9. The minimum absolute atomic E-state index is 0.0210. The Balaban J connectivity index is 1.43. The fourth-order valence-electron chi connectivity index (χ4n) is 4.68. The Kier molecular flexibility index (Phi) is 6.58. The van der Waals surface area contributed by atoms with Crippen LogP contribution in [0.25, 0.3) is 33.4 Å². The van der Waals surface area contributed by atoms with Crippen LogP contribution in [0.5, 0.6) is 11.9 Å². The van der Waals surface area contributed by atoms with E-state index in [-0.39, 0.29) is 29.5 Å². The highest BCUT2D eigenvalue weighted by molar-refractivity contribution is 6.34. The van der Waals surface area contributed by atoms with Crippen LogP contribution < -0.4 is 15.8 Å². The quantitative estimate of drug-likeness (QED) is 0.232. The van der Waals surface area contributed by atoms with E-state index in [2.05, 4.69) is 36.8 Å². The number of hydrogen-bond donors (Lipinski definition) is 2. The second kappa shape index (κ2) is 10.3. The molecule has 1 saturated carbocycles. The first-order valence-corrected chi connectivity index (χ1v) is 13.1. The molecule has 1 amide bonds. The van der Waals surface area contributed by atoms with Crippen LogP contribution in [0.15, 0.2) is 61.2 Å². The lowest BCUT2D eigenvalue weighted by Crippen LogP contribution is -2.14. The summed E-state index contributed by atoms with van der Waals surface area (Å²) >= 11 is 6.78. The highest BCUT2D eigenvalue weighted by atomic mass is 35.5. The zero-order valence-electron chi connectivity index (χ0n) is 22.2. The fraction of sp³-hybridized carbons (Fsp3) is 0.172. The van der Waals surface area contributed by atoms with Crippen LogP contribution in [0.4, 0.5) is 15.9 Å². The Bertz CT molecular complexity index is 1870. The van der Waals surface area contributed by atoms with Gasteiger partial charge >= 0.3 is 6.01 Å². The van der Waals surface area contributed by atoms with Crippen molar-refractivity contribution in [2.24, 2.45) is 13.0 Å². The minimum Gasteiger partial charge on any atom is -0.402 e. The number of aryl methyl sites for hydroxylation is 2. The van der Waals surface area contributed by atoms with Crippen LogP contribution in [0.1, 0.15) is 18.5 Å². The van der Waals surface area contributed by atoms with E-state index in [4.69, 9.17) is 22.1 Å². The van der Waals surface area contributed by atoms with Gasteiger partial charge < -0.3 is 20.4 Å². The molecule has 1 aliphatic carbocycles. The molecule has 6 rings (SSSR count). The number of carbonyl (C=O) groups excluding carboxylic acids is 1.